The molecule has 20 heavy (non-hydrogen) atoms. The van der Waals surface area contributed by atoms with Crippen LogP contribution < -0.4 is 16.6 Å². The van der Waals surface area contributed by atoms with Crippen LogP contribution >= 0.6 is 0 Å². The number of benzene rings is 1. The number of para-hydroxylation sites is 1. The summed E-state index contributed by atoms with van der Waals surface area (Å²) in [7, 11) is 0. The highest BCUT2D eigenvalue weighted by Gasteiger charge is 2.35. The molecule has 4 nitrogen and oxygen atoms in total. The summed E-state index contributed by atoms with van der Waals surface area (Å²) in [5.41, 5.74) is 0.478. The van der Waals surface area contributed by atoms with Crippen molar-refractivity contribution in [2.24, 2.45) is 5.84 Å². The lowest BCUT2D eigenvalue weighted by Gasteiger charge is -2.18. The van der Waals surface area contributed by atoms with E-state index in [0.29, 0.717) is 0 Å². The Morgan fingerprint density at radius 2 is 2.05 bits per heavy atom. The van der Waals surface area contributed by atoms with E-state index in [1.54, 1.807) is 6.92 Å². The molecule has 0 radical (unpaired) electrons. The minimum absolute atomic E-state index is 0.118. The minimum atomic E-state index is -4.58. The van der Waals surface area contributed by atoms with Crippen molar-refractivity contribution in [3.63, 3.8) is 0 Å². The minimum Gasteiger partial charge on any atom is -0.350 e. The third-order valence-electron chi connectivity index (χ3n) is 2.86. The quantitative estimate of drug-likeness (QED) is 0.577. The maximum absolute atomic E-state index is 12.8. The van der Waals surface area contributed by atoms with Crippen LogP contribution in [0.15, 0.2) is 18.2 Å². The monoisotopic (exact) mass is 289 g/mol. The fourth-order valence-electron chi connectivity index (χ4n) is 1.94. The van der Waals surface area contributed by atoms with Crippen LogP contribution in [0.1, 0.15) is 42.6 Å². The SMILES string of the molecule is CCCC(C)NC(=O)c1cccc(C(F)(F)F)c1NN. The van der Waals surface area contributed by atoms with E-state index in [0.717, 1.165) is 18.9 Å². The summed E-state index contributed by atoms with van der Waals surface area (Å²) in [4.78, 5) is 12.0. The van der Waals surface area contributed by atoms with Gasteiger partial charge in [-0.15, -0.1) is 0 Å². The average Bonchev–Trinajstić information content (AvgIpc) is 2.36. The van der Waals surface area contributed by atoms with Gasteiger partial charge in [0.05, 0.1) is 16.8 Å². The Morgan fingerprint density at radius 3 is 2.55 bits per heavy atom. The Bertz CT molecular complexity index is 474. The van der Waals surface area contributed by atoms with Gasteiger partial charge < -0.3 is 10.7 Å². The number of amides is 1. The Kier molecular flexibility index (Phi) is 5.38. The molecule has 0 heterocycles. The van der Waals surface area contributed by atoms with Crippen molar-refractivity contribution >= 4 is 11.6 Å². The Labute approximate surface area is 115 Å². The predicted octanol–water partition coefficient (Wildman–Crippen LogP) is 2.91. The van der Waals surface area contributed by atoms with E-state index in [1.807, 2.05) is 12.3 Å². The standard InChI is InChI=1S/C13H18F3N3O/c1-3-5-8(2)18-12(20)9-6-4-7-10(11(9)19-17)13(14,15)16/h4,6-8,19H,3,5,17H2,1-2H3,(H,18,20). The van der Waals surface area contributed by atoms with Crippen LogP contribution in [-0.2, 0) is 6.18 Å². The van der Waals surface area contributed by atoms with Crippen LogP contribution in [0, 0.1) is 0 Å². The smallest absolute Gasteiger partial charge is 0.350 e. The molecule has 1 atom stereocenters. The Morgan fingerprint density at radius 1 is 1.40 bits per heavy atom. The molecule has 0 fully saturated rings. The fraction of sp³-hybridized carbons (Fsp3) is 0.462. The number of carbonyl (C=O) groups excluding carboxylic acids is 1. The molecule has 0 aliphatic carbocycles. The molecule has 1 rings (SSSR count). The third-order valence-corrected chi connectivity index (χ3v) is 2.86. The number of alkyl halides is 3. The number of nitrogens with two attached hydrogens (primary N) is 1. The second kappa shape index (κ2) is 6.60. The Hall–Kier alpha value is -1.76. The van der Waals surface area contributed by atoms with Gasteiger partial charge in [0.2, 0.25) is 0 Å². The van der Waals surface area contributed by atoms with Crippen molar-refractivity contribution in [1.82, 2.24) is 5.32 Å². The molecule has 0 aromatic heterocycles. The molecule has 0 aliphatic heterocycles. The summed E-state index contributed by atoms with van der Waals surface area (Å²) >= 11 is 0. The molecule has 0 bridgehead atoms. The van der Waals surface area contributed by atoms with Crippen LogP contribution in [-0.4, -0.2) is 11.9 Å². The van der Waals surface area contributed by atoms with Crippen LogP contribution in [0.3, 0.4) is 0 Å². The van der Waals surface area contributed by atoms with Gasteiger partial charge in [-0.3, -0.25) is 10.6 Å². The molecule has 0 saturated carbocycles. The molecule has 4 N–H and O–H groups in total. The summed E-state index contributed by atoms with van der Waals surface area (Å²) in [5.74, 6) is 4.57. The maximum Gasteiger partial charge on any atom is 0.418 e. The number of nitrogen functional groups attached to an aromatic ring is 1. The summed E-state index contributed by atoms with van der Waals surface area (Å²) < 4.78 is 38.5. The van der Waals surface area contributed by atoms with Crippen LogP contribution in [0.25, 0.3) is 0 Å². The molecular weight excluding hydrogens is 271 g/mol. The first-order valence-electron chi connectivity index (χ1n) is 6.29. The van der Waals surface area contributed by atoms with Crippen molar-refractivity contribution < 1.29 is 18.0 Å². The third kappa shape index (κ3) is 3.86. The summed E-state index contributed by atoms with van der Waals surface area (Å²) in [6.07, 6.45) is -2.96. The summed E-state index contributed by atoms with van der Waals surface area (Å²) in [6.45, 7) is 3.75. The molecule has 0 spiro atoms. The highest BCUT2D eigenvalue weighted by molar-refractivity contribution is 6.00. The van der Waals surface area contributed by atoms with Gasteiger partial charge in [0.15, 0.2) is 0 Å². The van der Waals surface area contributed by atoms with Crippen molar-refractivity contribution in [2.45, 2.75) is 38.9 Å². The maximum atomic E-state index is 12.8. The number of hydrogen-bond donors (Lipinski definition) is 3. The first-order chi connectivity index (χ1) is 9.31. The van der Waals surface area contributed by atoms with E-state index in [2.05, 4.69) is 5.32 Å². The highest BCUT2D eigenvalue weighted by atomic mass is 19.4. The molecule has 112 valence electrons. The number of rotatable bonds is 5. The molecular formula is C13H18F3N3O. The first-order valence-corrected chi connectivity index (χ1v) is 6.29. The number of anilines is 1. The first kappa shape index (κ1) is 16.3. The van der Waals surface area contributed by atoms with Crippen LogP contribution in [0.5, 0.6) is 0 Å². The number of halogens is 3. The lowest BCUT2D eigenvalue weighted by Crippen LogP contribution is -2.33. The zero-order valence-electron chi connectivity index (χ0n) is 11.3. The number of hydrogen-bond acceptors (Lipinski definition) is 3. The molecule has 1 aromatic rings. The molecule has 0 saturated heterocycles. The van der Waals surface area contributed by atoms with Crippen molar-refractivity contribution in [3.05, 3.63) is 29.3 Å². The van der Waals surface area contributed by atoms with Gasteiger partial charge in [-0.25, -0.2) is 0 Å². The number of hydrazine groups is 1. The molecule has 0 aliphatic rings. The lowest BCUT2D eigenvalue weighted by atomic mass is 10.1. The van der Waals surface area contributed by atoms with Gasteiger partial charge in [-0.1, -0.05) is 19.4 Å². The Balaban J connectivity index is 3.09. The van der Waals surface area contributed by atoms with Gasteiger partial charge in [0.1, 0.15) is 0 Å². The second-order valence-corrected chi connectivity index (χ2v) is 4.53. The van der Waals surface area contributed by atoms with Gasteiger partial charge in [0, 0.05) is 6.04 Å². The van der Waals surface area contributed by atoms with Gasteiger partial charge >= 0.3 is 6.18 Å². The van der Waals surface area contributed by atoms with E-state index < -0.39 is 23.3 Å². The molecule has 1 unspecified atom stereocenters. The van der Waals surface area contributed by atoms with Gasteiger partial charge in [0.25, 0.3) is 5.91 Å². The highest BCUT2D eigenvalue weighted by Crippen LogP contribution is 2.36. The largest absolute Gasteiger partial charge is 0.418 e. The number of carbonyl (C=O) groups is 1. The van der Waals surface area contributed by atoms with Crippen molar-refractivity contribution in [3.8, 4) is 0 Å². The van der Waals surface area contributed by atoms with E-state index >= 15 is 0 Å². The molecule has 1 aromatic carbocycles. The average molecular weight is 289 g/mol. The predicted molar refractivity (Wildman–Crippen MR) is 71.1 cm³/mol. The summed E-state index contributed by atoms with van der Waals surface area (Å²) in [5, 5.41) is 2.65. The normalized spacial score (nSPS) is 12.9. The van der Waals surface area contributed by atoms with E-state index in [4.69, 9.17) is 5.84 Å². The van der Waals surface area contributed by atoms with Crippen LogP contribution in [0.4, 0.5) is 18.9 Å². The van der Waals surface area contributed by atoms with Gasteiger partial charge in [-0.05, 0) is 25.5 Å². The van der Waals surface area contributed by atoms with E-state index in [-0.39, 0.29) is 11.6 Å². The molecule has 1 amide bonds. The topological polar surface area (TPSA) is 67.2 Å². The van der Waals surface area contributed by atoms with Crippen molar-refractivity contribution in [2.75, 3.05) is 5.43 Å². The zero-order valence-corrected chi connectivity index (χ0v) is 11.3. The number of nitrogens with one attached hydrogen (secondary N) is 2. The van der Waals surface area contributed by atoms with Crippen LogP contribution in [0.2, 0.25) is 0 Å². The van der Waals surface area contributed by atoms with E-state index in [1.165, 1.54) is 12.1 Å². The fourth-order valence-corrected chi connectivity index (χ4v) is 1.94. The lowest BCUT2D eigenvalue weighted by molar-refractivity contribution is -0.137. The zero-order chi connectivity index (χ0) is 15.3. The molecule has 7 heteroatoms. The van der Waals surface area contributed by atoms with Gasteiger partial charge in [-0.2, -0.15) is 13.2 Å². The van der Waals surface area contributed by atoms with Crippen molar-refractivity contribution in [1.29, 1.82) is 0 Å². The second-order valence-electron chi connectivity index (χ2n) is 4.53. The van der Waals surface area contributed by atoms with E-state index in [9.17, 15) is 18.0 Å². The summed E-state index contributed by atoms with van der Waals surface area (Å²) in [6, 6.07) is 3.25.